The highest BCUT2D eigenvalue weighted by molar-refractivity contribution is 6.30. The van der Waals surface area contributed by atoms with Gasteiger partial charge in [0.15, 0.2) is 0 Å². The number of nitro groups is 1. The van der Waals surface area contributed by atoms with Gasteiger partial charge in [0.1, 0.15) is 18.4 Å². The third-order valence-electron chi connectivity index (χ3n) is 2.56. The number of carbonyl (C=O) groups is 1. The first-order valence-electron chi connectivity index (χ1n) is 5.72. The Kier molecular flexibility index (Phi) is 4.34. The molecule has 0 saturated carbocycles. The smallest absolute Gasteiger partial charge is 0.342 e. The monoisotopic (exact) mass is 308 g/mol. The topological polar surface area (TPSA) is 103 Å². The Bertz CT molecular complexity index is 705. The van der Waals surface area contributed by atoms with Crippen LogP contribution < -0.4 is 4.74 Å². The lowest BCUT2D eigenvalue weighted by molar-refractivity contribution is -0.385. The molecule has 2 rings (SSSR count). The van der Waals surface area contributed by atoms with Crippen LogP contribution in [0.5, 0.6) is 5.88 Å². The van der Waals surface area contributed by atoms with E-state index in [1.807, 2.05) is 0 Å². The standard InChI is InChI=1S/C13H9ClN2O5/c14-9-3-1-2-8(4-9)7-21-12-5-10(13(17)18)11(6-15-12)16(19)20/h1-6H,7H2,(H,17,18). The maximum Gasteiger partial charge on any atom is 0.342 e. The summed E-state index contributed by atoms with van der Waals surface area (Å²) in [5, 5.41) is 20.2. The molecule has 0 radical (unpaired) electrons. The first kappa shape index (κ1) is 14.7. The molecule has 0 spiro atoms. The van der Waals surface area contributed by atoms with Gasteiger partial charge >= 0.3 is 11.7 Å². The minimum atomic E-state index is -1.42. The van der Waals surface area contributed by atoms with Gasteiger partial charge in [-0.25, -0.2) is 9.78 Å². The van der Waals surface area contributed by atoms with Gasteiger partial charge in [0.2, 0.25) is 5.88 Å². The molecule has 7 nitrogen and oxygen atoms in total. The summed E-state index contributed by atoms with van der Waals surface area (Å²) in [7, 11) is 0. The fraction of sp³-hybridized carbons (Fsp3) is 0.0769. The third kappa shape index (κ3) is 3.67. The number of ether oxygens (including phenoxy) is 1. The van der Waals surface area contributed by atoms with Crippen molar-refractivity contribution in [2.75, 3.05) is 0 Å². The predicted molar refractivity (Wildman–Crippen MR) is 73.6 cm³/mol. The Labute approximate surface area is 123 Å². The van der Waals surface area contributed by atoms with Crippen molar-refractivity contribution >= 4 is 23.3 Å². The van der Waals surface area contributed by atoms with Crippen molar-refractivity contribution in [3.05, 3.63) is 62.8 Å². The Morgan fingerprint density at radius 2 is 2.19 bits per heavy atom. The van der Waals surface area contributed by atoms with E-state index in [1.165, 1.54) is 0 Å². The summed E-state index contributed by atoms with van der Waals surface area (Å²) in [6, 6.07) is 7.93. The van der Waals surface area contributed by atoms with E-state index in [9.17, 15) is 14.9 Å². The molecule has 0 fully saturated rings. The van der Waals surface area contributed by atoms with Gasteiger partial charge in [-0.2, -0.15) is 0 Å². The van der Waals surface area contributed by atoms with E-state index in [4.69, 9.17) is 21.4 Å². The van der Waals surface area contributed by atoms with Gasteiger partial charge in [-0.15, -0.1) is 0 Å². The van der Waals surface area contributed by atoms with Crippen molar-refractivity contribution in [2.45, 2.75) is 6.61 Å². The molecule has 0 unspecified atom stereocenters. The van der Waals surface area contributed by atoms with Gasteiger partial charge in [-0.1, -0.05) is 23.7 Å². The van der Waals surface area contributed by atoms with Crippen molar-refractivity contribution in [3.8, 4) is 5.88 Å². The number of aromatic nitrogens is 1. The van der Waals surface area contributed by atoms with Crippen LogP contribution in [0.15, 0.2) is 36.5 Å². The normalized spacial score (nSPS) is 10.1. The zero-order valence-electron chi connectivity index (χ0n) is 10.5. The fourth-order valence-corrected chi connectivity index (χ4v) is 1.82. The quantitative estimate of drug-likeness (QED) is 0.673. The number of hydrogen-bond donors (Lipinski definition) is 1. The molecule has 1 aromatic carbocycles. The Morgan fingerprint density at radius 3 is 2.81 bits per heavy atom. The number of benzene rings is 1. The first-order valence-corrected chi connectivity index (χ1v) is 6.10. The van der Waals surface area contributed by atoms with Crippen molar-refractivity contribution < 1.29 is 19.6 Å². The second-order valence-electron chi connectivity index (χ2n) is 4.02. The van der Waals surface area contributed by atoms with Gasteiger partial charge in [0, 0.05) is 11.1 Å². The number of carboxylic acids is 1. The van der Waals surface area contributed by atoms with Crippen LogP contribution in [0.3, 0.4) is 0 Å². The highest BCUT2D eigenvalue weighted by Gasteiger charge is 2.21. The van der Waals surface area contributed by atoms with Crippen LogP contribution in [0.2, 0.25) is 5.02 Å². The van der Waals surface area contributed by atoms with Crippen LogP contribution in [0, 0.1) is 10.1 Å². The van der Waals surface area contributed by atoms with Crippen LogP contribution >= 0.6 is 11.6 Å². The molecular weight excluding hydrogens is 300 g/mol. The molecule has 2 aromatic rings. The number of nitrogens with zero attached hydrogens (tertiary/aromatic N) is 2. The molecule has 0 amide bonds. The van der Waals surface area contributed by atoms with Gasteiger partial charge in [0.05, 0.1) is 4.92 Å². The van der Waals surface area contributed by atoms with Crippen LogP contribution in [-0.2, 0) is 6.61 Å². The molecular formula is C13H9ClN2O5. The lowest BCUT2D eigenvalue weighted by Crippen LogP contribution is -2.05. The molecule has 0 aliphatic carbocycles. The number of aromatic carboxylic acids is 1. The average molecular weight is 309 g/mol. The van der Waals surface area contributed by atoms with Crippen molar-refractivity contribution in [1.29, 1.82) is 0 Å². The minimum absolute atomic E-state index is 0.0158. The molecule has 1 aromatic heterocycles. The van der Waals surface area contributed by atoms with E-state index in [0.29, 0.717) is 5.02 Å². The molecule has 0 aliphatic heterocycles. The molecule has 8 heteroatoms. The van der Waals surface area contributed by atoms with Crippen molar-refractivity contribution in [2.24, 2.45) is 0 Å². The molecule has 0 saturated heterocycles. The molecule has 0 bridgehead atoms. The van der Waals surface area contributed by atoms with E-state index in [2.05, 4.69) is 4.98 Å². The van der Waals surface area contributed by atoms with Gasteiger partial charge in [-0.3, -0.25) is 10.1 Å². The van der Waals surface area contributed by atoms with Gasteiger partial charge in [-0.05, 0) is 17.7 Å². The van der Waals surface area contributed by atoms with E-state index in [-0.39, 0.29) is 12.5 Å². The van der Waals surface area contributed by atoms with Crippen LogP contribution in [0.1, 0.15) is 15.9 Å². The average Bonchev–Trinajstić information content (AvgIpc) is 2.44. The minimum Gasteiger partial charge on any atom is -0.477 e. The highest BCUT2D eigenvalue weighted by Crippen LogP contribution is 2.22. The van der Waals surface area contributed by atoms with Crippen LogP contribution in [0.25, 0.3) is 0 Å². The third-order valence-corrected chi connectivity index (χ3v) is 2.80. The number of hydrogen-bond acceptors (Lipinski definition) is 5. The Balaban J connectivity index is 2.19. The summed E-state index contributed by atoms with van der Waals surface area (Å²) in [6.45, 7) is 0.116. The maximum absolute atomic E-state index is 11.0. The second-order valence-corrected chi connectivity index (χ2v) is 4.46. The van der Waals surface area contributed by atoms with Crippen LogP contribution in [0.4, 0.5) is 5.69 Å². The molecule has 1 N–H and O–H groups in total. The maximum atomic E-state index is 11.0. The van der Waals surface area contributed by atoms with Crippen molar-refractivity contribution in [1.82, 2.24) is 4.98 Å². The lowest BCUT2D eigenvalue weighted by atomic mass is 10.2. The van der Waals surface area contributed by atoms with E-state index >= 15 is 0 Å². The predicted octanol–water partition coefficient (Wildman–Crippen LogP) is 2.92. The number of carboxylic acid groups (broad SMARTS) is 1. The van der Waals surface area contributed by atoms with Gasteiger partial charge < -0.3 is 9.84 Å². The molecule has 0 aliphatic rings. The summed E-state index contributed by atoms with van der Waals surface area (Å²) in [4.78, 5) is 24.6. The summed E-state index contributed by atoms with van der Waals surface area (Å²) in [5.41, 5.74) is -0.298. The molecule has 108 valence electrons. The van der Waals surface area contributed by atoms with E-state index in [0.717, 1.165) is 17.8 Å². The summed E-state index contributed by atoms with van der Waals surface area (Å²) < 4.78 is 5.32. The molecule has 0 atom stereocenters. The Morgan fingerprint density at radius 1 is 1.43 bits per heavy atom. The number of halogens is 1. The van der Waals surface area contributed by atoms with Gasteiger partial charge in [0.25, 0.3) is 0 Å². The summed E-state index contributed by atoms with van der Waals surface area (Å²) >= 11 is 5.83. The fourth-order valence-electron chi connectivity index (χ4n) is 1.61. The largest absolute Gasteiger partial charge is 0.477 e. The number of pyridine rings is 1. The Hall–Kier alpha value is -2.67. The number of rotatable bonds is 5. The summed E-state index contributed by atoms with van der Waals surface area (Å²) in [6.07, 6.45) is 0.858. The van der Waals surface area contributed by atoms with E-state index < -0.39 is 22.1 Å². The van der Waals surface area contributed by atoms with Crippen molar-refractivity contribution in [3.63, 3.8) is 0 Å². The molecule has 21 heavy (non-hydrogen) atoms. The second kappa shape index (κ2) is 6.19. The van der Waals surface area contributed by atoms with E-state index in [1.54, 1.807) is 24.3 Å². The first-order chi connectivity index (χ1) is 9.97. The van der Waals surface area contributed by atoms with Crippen LogP contribution in [-0.4, -0.2) is 21.0 Å². The zero-order valence-corrected chi connectivity index (χ0v) is 11.3. The SMILES string of the molecule is O=C(O)c1cc(OCc2cccc(Cl)c2)ncc1[N+](=O)[O-]. The molecule has 1 heterocycles. The lowest BCUT2D eigenvalue weighted by Gasteiger charge is -2.06. The summed E-state index contributed by atoms with van der Waals surface area (Å²) in [5.74, 6) is -1.44. The highest BCUT2D eigenvalue weighted by atomic mass is 35.5. The zero-order chi connectivity index (χ0) is 15.4.